The van der Waals surface area contributed by atoms with Crippen LogP contribution >= 0.6 is 22.9 Å². The van der Waals surface area contributed by atoms with Crippen molar-refractivity contribution in [3.05, 3.63) is 50.0 Å². The molecular formula is C15H16ClFN2O2S. The van der Waals surface area contributed by atoms with Gasteiger partial charge in [-0.1, -0.05) is 11.6 Å². The minimum absolute atomic E-state index is 0.0576. The van der Waals surface area contributed by atoms with Crippen LogP contribution in [-0.4, -0.2) is 24.2 Å². The van der Waals surface area contributed by atoms with E-state index >= 15 is 0 Å². The maximum absolute atomic E-state index is 13.1. The molecule has 22 heavy (non-hydrogen) atoms. The van der Waals surface area contributed by atoms with Crippen LogP contribution in [0.5, 0.6) is 0 Å². The monoisotopic (exact) mass is 342 g/mol. The summed E-state index contributed by atoms with van der Waals surface area (Å²) >= 11 is 7.33. The molecule has 1 heterocycles. The van der Waals surface area contributed by atoms with E-state index < -0.39 is 11.7 Å². The number of carbonyl (C=O) groups excluding carboxylic acids is 1. The summed E-state index contributed by atoms with van der Waals surface area (Å²) in [6.07, 6.45) is 0. The van der Waals surface area contributed by atoms with Crippen molar-refractivity contribution in [3.63, 3.8) is 0 Å². The first-order chi connectivity index (χ1) is 10.4. The lowest BCUT2D eigenvalue weighted by Gasteiger charge is -2.05. The average Bonchev–Trinajstić information content (AvgIpc) is 2.71. The maximum atomic E-state index is 13.1. The molecule has 1 aromatic carbocycles. The highest BCUT2D eigenvalue weighted by molar-refractivity contribution is 7.09. The molecule has 118 valence electrons. The van der Waals surface area contributed by atoms with Gasteiger partial charge in [-0.05, 0) is 32.0 Å². The predicted octanol–water partition coefficient (Wildman–Crippen LogP) is 3.35. The summed E-state index contributed by atoms with van der Waals surface area (Å²) in [6.45, 7) is 5.07. The molecule has 1 aromatic heterocycles. The average molecular weight is 343 g/mol. The molecule has 1 amide bonds. The van der Waals surface area contributed by atoms with Crippen LogP contribution in [0, 0.1) is 19.7 Å². The number of aromatic nitrogens is 1. The Hall–Kier alpha value is -1.50. The zero-order valence-electron chi connectivity index (χ0n) is 12.5. The lowest BCUT2D eigenvalue weighted by Crippen LogP contribution is -2.20. The Labute approximate surface area is 136 Å². The third-order valence-electron chi connectivity index (χ3n) is 3.27. The van der Waals surface area contributed by atoms with Crippen molar-refractivity contribution in [2.75, 3.05) is 13.7 Å². The van der Waals surface area contributed by atoms with Crippen LogP contribution < -0.4 is 4.80 Å². The Morgan fingerprint density at radius 3 is 2.82 bits per heavy atom. The van der Waals surface area contributed by atoms with E-state index in [1.165, 1.54) is 23.5 Å². The predicted molar refractivity (Wildman–Crippen MR) is 85.0 cm³/mol. The smallest absolute Gasteiger partial charge is 0.281 e. The molecule has 0 saturated carbocycles. The summed E-state index contributed by atoms with van der Waals surface area (Å²) in [5, 5.41) is 0.0576. The van der Waals surface area contributed by atoms with Crippen molar-refractivity contribution in [2.24, 2.45) is 4.99 Å². The lowest BCUT2D eigenvalue weighted by molar-refractivity contribution is 0.0997. The van der Waals surface area contributed by atoms with Crippen molar-refractivity contribution >= 4 is 28.8 Å². The number of hydrogen-bond donors (Lipinski definition) is 0. The van der Waals surface area contributed by atoms with Gasteiger partial charge in [0.25, 0.3) is 5.91 Å². The summed E-state index contributed by atoms with van der Waals surface area (Å²) in [7, 11) is 1.62. The summed E-state index contributed by atoms with van der Waals surface area (Å²) in [4.78, 5) is 18.1. The van der Waals surface area contributed by atoms with Crippen molar-refractivity contribution in [1.82, 2.24) is 4.57 Å². The first-order valence-corrected chi connectivity index (χ1v) is 7.83. The number of aryl methyl sites for hydroxylation is 1. The molecule has 2 aromatic rings. The molecule has 7 heteroatoms. The van der Waals surface area contributed by atoms with E-state index in [1.807, 2.05) is 18.4 Å². The Kier molecular flexibility index (Phi) is 5.50. The Balaban J connectivity index is 2.44. The number of thiazole rings is 1. The standard InChI is InChI=1S/C15H16ClFN2O2S/c1-9-10(2)22-15(19(9)6-7-21-3)18-14(20)12-5-4-11(17)8-13(12)16/h4-5,8H,6-7H2,1-3H3. The Morgan fingerprint density at radius 1 is 1.45 bits per heavy atom. The molecule has 0 aliphatic rings. The third-order valence-corrected chi connectivity index (χ3v) is 4.68. The van der Waals surface area contributed by atoms with E-state index in [2.05, 4.69) is 4.99 Å². The van der Waals surface area contributed by atoms with Gasteiger partial charge in [0, 0.05) is 24.2 Å². The van der Waals surface area contributed by atoms with Gasteiger partial charge in [-0.25, -0.2) is 4.39 Å². The minimum atomic E-state index is -0.489. The van der Waals surface area contributed by atoms with Gasteiger partial charge >= 0.3 is 0 Å². The van der Waals surface area contributed by atoms with Gasteiger partial charge in [-0.15, -0.1) is 11.3 Å². The number of carbonyl (C=O) groups is 1. The highest BCUT2D eigenvalue weighted by Crippen LogP contribution is 2.18. The van der Waals surface area contributed by atoms with E-state index in [0.717, 1.165) is 16.6 Å². The molecular weight excluding hydrogens is 327 g/mol. The number of hydrogen-bond acceptors (Lipinski definition) is 3. The summed E-state index contributed by atoms with van der Waals surface area (Å²) in [5.41, 5.74) is 1.23. The first kappa shape index (κ1) is 16.9. The normalized spacial score (nSPS) is 12.0. The van der Waals surface area contributed by atoms with Crippen LogP contribution in [0.3, 0.4) is 0 Å². The van der Waals surface area contributed by atoms with E-state index in [4.69, 9.17) is 16.3 Å². The highest BCUT2D eigenvalue weighted by Gasteiger charge is 2.12. The van der Waals surface area contributed by atoms with Gasteiger partial charge < -0.3 is 9.30 Å². The molecule has 0 aliphatic carbocycles. The topological polar surface area (TPSA) is 43.6 Å². The maximum Gasteiger partial charge on any atom is 0.281 e. The molecule has 2 rings (SSSR count). The molecule has 4 nitrogen and oxygen atoms in total. The molecule has 0 atom stereocenters. The second-order valence-electron chi connectivity index (χ2n) is 4.71. The minimum Gasteiger partial charge on any atom is -0.383 e. The molecule has 0 spiro atoms. The third kappa shape index (κ3) is 3.63. The van der Waals surface area contributed by atoms with E-state index in [1.54, 1.807) is 7.11 Å². The molecule has 0 unspecified atom stereocenters. The van der Waals surface area contributed by atoms with Crippen LogP contribution in [-0.2, 0) is 11.3 Å². The molecule has 0 fully saturated rings. The number of halogens is 2. The highest BCUT2D eigenvalue weighted by atomic mass is 35.5. The second kappa shape index (κ2) is 7.17. The van der Waals surface area contributed by atoms with Gasteiger partial charge in [0.1, 0.15) is 5.82 Å². The number of nitrogens with zero attached hydrogens (tertiary/aromatic N) is 2. The van der Waals surface area contributed by atoms with E-state index in [0.29, 0.717) is 18.0 Å². The fourth-order valence-electron chi connectivity index (χ4n) is 1.94. The van der Waals surface area contributed by atoms with Crippen molar-refractivity contribution in [3.8, 4) is 0 Å². The molecule has 0 N–H and O–H groups in total. The number of ether oxygens (including phenoxy) is 1. The number of rotatable bonds is 4. The molecule has 0 bridgehead atoms. The quantitative estimate of drug-likeness (QED) is 0.855. The number of amides is 1. The van der Waals surface area contributed by atoms with E-state index in [-0.39, 0.29) is 10.6 Å². The van der Waals surface area contributed by atoms with Crippen molar-refractivity contribution < 1.29 is 13.9 Å². The molecule has 0 saturated heterocycles. The number of benzene rings is 1. The van der Waals surface area contributed by atoms with Crippen LogP contribution in [0.2, 0.25) is 5.02 Å². The van der Waals surface area contributed by atoms with Crippen LogP contribution in [0.15, 0.2) is 23.2 Å². The lowest BCUT2D eigenvalue weighted by atomic mass is 10.2. The molecule has 0 radical (unpaired) electrons. The zero-order chi connectivity index (χ0) is 16.3. The van der Waals surface area contributed by atoms with Gasteiger partial charge in [0.05, 0.1) is 17.2 Å². The first-order valence-electron chi connectivity index (χ1n) is 6.64. The largest absolute Gasteiger partial charge is 0.383 e. The second-order valence-corrected chi connectivity index (χ2v) is 6.30. The zero-order valence-corrected chi connectivity index (χ0v) is 14.1. The van der Waals surface area contributed by atoms with Crippen LogP contribution in [0.1, 0.15) is 20.9 Å². The SMILES string of the molecule is COCCn1c(C)c(C)sc1=NC(=O)c1ccc(F)cc1Cl. The van der Waals surface area contributed by atoms with Crippen molar-refractivity contribution in [1.29, 1.82) is 0 Å². The number of methoxy groups -OCH3 is 1. The van der Waals surface area contributed by atoms with Gasteiger partial charge in [-0.2, -0.15) is 4.99 Å². The summed E-state index contributed by atoms with van der Waals surface area (Å²) in [5.74, 6) is -0.975. The van der Waals surface area contributed by atoms with Crippen LogP contribution in [0.4, 0.5) is 4.39 Å². The van der Waals surface area contributed by atoms with Gasteiger partial charge in [0.15, 0.2) is 4.80 Å². The Bertz CT molecular complexity index is 767. The van der Waals surface area contributed by atoms with Crippen LogP contribution in [0.25, 0.3) is 0 Å². The van der Waals surface area contributed by atoms with Gasteiger partial charge in [0.2, 0.25) is 0 Å². The fourth-order valence-corrected chi connectivity index (χ4v) is 3.19. The van der Waals surface area contributed by atoms with Gasteiger partial charge in [-0.3, -0.25) is 4.79 Å². The molecule has 0 aliphatic heterocycles. The Morgan fingerprint density at radius 2 is 2.18 bits per heavy atom. The van der Waals surface area contributed by atoms with Crippen molar-refractivity contribution in [2.45, 2.75) is 20.4 Å². The summed E-state index contributed by atoms with van der Waals surface area (Å²) < 4.78 is 20.1. The summed E-state index contributed by atoms with van der Waals surface area (Å²) in [6, 6.07) is 3.64. The van der Waals surface area contributed by atoms with E-state index in [9.17, 15) is 9.18 Å². The fraction of sp³-hybridized carbons (Fsp3) is 0.333.